The predicted octanol–water partition coefficient (Wildman–Crippen LogP) is 3.52. The number of halogens is 2. The molecule has 0 N–H and O–H groups in total. The minimum absolute atomic E-state index is 0.0375. The van der Waals surface area contributed by atoms with Crippen LogP contribution in [0, 0.1) is 5.82 Å². The van der Waals surface area contributed by atoms with Crippen LogP contribution < -0.4 is 9.64 Å². The van der Waals surface area contributed by atoms with Crippen molar-refractivity contribution in [3.05, 3.63) is 58.7 Å². The number of nitrogens with zero attached hydrogens (tertiary/aromatic N) is 3. The number of hydrogen-bond donors (Lipinski definition) is 0. The highest BCUT2D eigenvalue weighted by molar-refractivity contribution is 9.10. The van der Waals surface area contributed by atoms with E-state index < -0.39 is 5.82 Å². The number of ether oxygens (including phenoxy) is 1. The molecule has 0 aliphatic carbocycles. The number of imidazole rings is 1. The highest BCUT2D eigenvalue weighted by atomic mass is 79.9. The van der Waals surface area contributed by atoms with Gasteiger partial charge in [0.15, 0.2) is 17.2 Å². The van der Waals surface area contributed by atoms with E-state index >= 15 is 0 Å². The molecule has 0 saturated carbocycles. The molecule has 118 valence electrons. The molecule has 3 aromatic rings. The molecule has 1 amide bonds. The Kier molecular flexibility index (Phi) is 4.04. The number of benzene rings is 1. The molecule has 0 spiro atoms. The smallest absolute Gasteiger partial charge is 0.258 e. The van der Waals surface area contributed by atoms with Gasteiger partial charge < -0.3 is 14.0 Å². The molecular weight excluding hydrogens is 365 g/mol. The van der Waals surface area contributed by atoms with E-state index in [4.69, 9.17) is 4.74 Å². The monoisotopic (exact) mass is 377 g/mol. The lowest BCUT2D eigenvalue weighted by Crippen LogP contribution is -2.26. The molecule has 0 fully saturated rings. The zero-order valence-electron chi connectivity index (χ0n) is 12.5. The summed E-state index contributed by atoms with van der Waals surface area (Å²) in [5.74, 6) is -0.737. The highest BCUT2D eigenvalue weighted by Gasteiger charge is 2.17. The van der Waals surface area contributed by atoms with Gasteiger partial charge in [0.1, 0.15) is 0 Å². The number of carbonyl (C=O) groups excluding carboxylic acids is 1. The summed E-state index contributed by atoms with van der Waals surface area (Å²) in [6, 6.07) is 5.84. The average molecular weight is 378 g/mol. The second kappa shape index (κ2) is 6.00. The van der Waals surface area contributed by atoms with Crippen LogP contribution in [0.5, 0.6) is 5.75 Å². The summed E-state index contributed by atoms with van der Waals surface area (Å²) in [6.07, 6.45) is 5.27. The first-order chi connectivity index (χ1) is 11.0. The van der Waals surface area contributed by atoms with Gasteiger partial charge in [0.05, 0.1) is 17.3 Å². The van der Waals surface area contributed by atoms with Crippen molar-refractivity contribution in [2.75, 3.05) is 19.1 Å². The van der Waals surface area contributed by atoms with Gasteiger partial charge in [-0.3, -0.25) is 4.79 Å². The van der Waals surface area contributed by atoms with E-state index in [0.717, 1.165) is 10.1 Å². The normalized spacial score (nSPS) is 10.8. The Hall–Kier alpha value is -2.41. The molecule has 23 heavy (non-hydrogen) atoms. The number of rotatable bonds is 3. The van der Waals surface area contributed by atoms with Crippen LogP contribution >= 0.6 is 15.9 Å². The van der Waals surface area contributed by atoms with E-state index in [1.54, 1.807) is 31.7 Å². The maximum atomic E-state index is 13.5. The molecule has 7 heteroatoms. The average Bonchev–Trinajstić information content (AvgIpc) is 3.03. The second-order valence-electron chi connectivity index (χ2n) is 4.92. The lowest BCUT2D eigenvalue weighted by atomic mass is 10.1. The Morgan fingerprint density at radius 3 is 2.91 bits per heavy atom. The van der Waals surface area contributed by atoms with Crippen molar-refractivity contribution in [2.24, 2.45) is 0 Å². The van der Waals surface area contributed by atoms with Crippen molar-refractivity contribution in [3.63, 3.8) is 0 Å². The molecule has 2 aromatic heterocycles. The van der Waals surface area contributed by atoms with Gasteiger partial charge in [0.2, 0.25) is 0 Å². The van der Waals surface area contributed by atoms with Gasteiger partial charge in [-0.1, -0.05) is 0 Å². The number of pyridine rings is 1. The molecule has 0 saturated heterocycles. The van der Waals surface area contributed by atoms with Crippen molar-refractivity contribution < 1.29 is 13.9 Å². The van der Waals surface area contributed by atoms with Gasteiger partial charge in [0, 0.05) is 31.2 Å². The third kappa shape index (κ3) is 2.79. The van der Waals surface area contributed by atoms with Gasteiger partial charge in [-0.05, 0) is 40.2 Å². The minimum Gasteiger partial charge on any atom is -0.494 e. The SMILES string of the molecule is COc1cc(C(=O)N(C)c2cc(Br)c3nccn3c2)ccc1F. The number of anilines is 1. The third-order valence-corrected chi connectivity index (χ3v) is 4.10. The van der Waals surface area contributed by atoms with Crippen LogP contribution in [0.2, 0.25) is 0 Å². The van der Waals surface area contributed by atoms with Gasteiger partial charge in [0.25, 0.3) is 5.91 Å². The van der Waals surface area contributed by atoms with Crippen LogP contribution in [0.15, 0.2) is 47.3 Å². The lowest BCUT2D eigenvalue weighted by molar-refractivity contribution is 0.0992. The third-order valence-electron chi connectivity index (χ3n) is 3.52. The van der Waals surface area contributed by atoms with Crippen LogP contribution in [0.4, 0.5) is 10.1 Å². The van der Waals surface area contributed by atoms with Crippen molar-refractivity contribution in [1.29, 1.82) is 0 Å². The second-order valence-corrected chi connectivity index (χ2v) is 5.77. The molecule has 5 nitrogen and oxygen atoms in total. The van der Waals surface area contributed by atoms with Crippen LogP contribution in [0.25, 0.3) is 5.65 Å². The first-order valence-corrected chi connectivity index (χ1v) is 7.54. The van der Waals surface area contributed by atoms with Crippen molar-refractivity contribution >= 4 is 33.2 Å². The van der Waals surface area contributed by atoms with E-state index in [2.05, 4.69) is 20.9 Å². The molecule has 3 rings (SSSR count). The molecule has 0 unspecified atom stereocenters. The maximum Gasteiger partial charge on any atom is 0.258 e. The predicted molar refractivity (Wildman–Crippen MR) is 88.6 cm³/mol. The molecule has 0 aliphatic heterocycles. The first-order valence-electron chi connectivity index (χ1n) is 6.75. The Labute approximate surface area is 140 Å². The maximum absolute atomic E-state index is 13.5. The molecular formula is C16H13BrFN3O2. The molecule has 0 radical (unpaired) electrons. The Balaban J connectivity index is 1.97. The summed E-state index contributed by atoms with van der Waals surface area (Å²) in [7, 11) is 3.02. The van der Waals surface area contributed by atoms with Gasteiger partial charge in [-0.25, -0.2) is 9.37 Å². The molecule has 0 bridgehead atoms. The quantitative estimate of drug-likeness (QED) is 0.701. The highest BCUT2D eigenvalue weighted by Crippen LogP contribution is 2.25. The van der Waals surface area contributed by atoms with Gasteiger partial charge in [-0.15, -0.1) is 0 Å². The zero-order valence-corrected chi connectivity index (χ0v) is 14.0. The number of methoxy groups -OCH3 is 1. The Morgan fingerprint density at radius 2 is 2.17 bits per heavy atom. The summed E-state index contributed by atoms with van der Waals surface area (Å²) < 4.78 is 21.0. The van der Waals surface area contributed by atoms with E-state index in [1.165, 1.54) is 30.2 Å². The summed E-state index contributed by atoms with van der Waals surface area (Å²) in [6.45, 7) is 0. The van der Waals surface area contributed by atoms with Gasteiger partial charge in [-0.2, -0.15) is 0 Å². The van der Waals surface area contributed by atoms with Crippen molar-refractivity contribution in [1.82, 2.24) is 9.38 Å². The fraction of sp³-hybridized carbons (Fsp3) is 0.125. The van der Waals surface area contributed by atoms with E-state index in [9.17, 15) is 9.18 Å². The Bertz CT molecular complexity index is 894. The van der Waals surface area contributed by atoms with E-state index in [-0.39, 0.29) is 11.7 Å². The number of carbonyl (C=O) groups is 1. The standard InChI is InChI=1S/C16H13BrFN3O2/c1-20(11-8-12(17)15-19-5-6-21(15)9-11)16(22)10-3-4-13(18)14(7-10)23-2/h3-9H,1-2H3. The van der Waals surface area contributed by atoms with Crippen LogP contribution in [0.1, 0.15) is 10.4 Å². The van der Waals surface area contributed by atoms with Crippen LogP contribution in [-0.4, -0.2) is 29.4 Å². The summed E-state index contributed by atoms with van der Waals surface area (Å²) in [5, 5.41) is 0. The number of fused-ring (bicyclic) bond motifs is 1. The molecule has 0 atom stereocenters. The van der Waals surface area contributed by atoms with Crippen molar-refractivity contribution in [3.8, 4) is 5.75 Å². The van der Waals surface area contributed by atoms with Gasteiger partial charge >= 0.3 is 0 Å². The lowest BCUT2D eigenvalue weighted by Gasteiger charge is -2.18. The minimum atomic E-state index is -0.505. The first kappa shape index (κ1) is 15.5. The molecule has 1 aromatic carbocycles. The molecule has 2 heterocycles. The van der Waals surface area contributed by atoms with Crippen LogP contribution in [0.3, 0.4) is 0 Å². The van der Waals surface area contributed by atoms with E-state index in [0.29, 0.717) is 11.3 Å². The summed E-state index contributed by atoms with van der Waals surface area (Å²) in [4.78, 5) is 18.3. The van der Waals surface area contributed by atoms with Crippen molar-refractivity contribution in [2.45, 2.75) is 0 Å². The summed E-state index contributed by atoms with van der Waals surface area (Å²) in [5.41, 5.74) is 1.78. The van der Waals surface area contributed by atoms with Crippen LogP contribution in [-0.2, 0) is 0 Å². The fourth-order valence-corrected chi connectivity index (χ4v) is 2.81. The zero-order chi connectivity index (χ0) is 16.6. The Morgan fingerprint density at radius 1 is 1.39 bits per heavy atom. The summed E-state index contributed by atoms with van der Waals surface area (Å²) >= 11 is 3.44. The number of aromatic nitrogens is 2. The number of amides is 1. The largest absolute Gasteiger partial charge is 0.494 e. The van der Waals surface area contributed by atoms with E-state index in [1.807, 2.05) is 4.40 Å². The topological polar surface area (TPSA) is 46.8 Å². The fourth-order valence-electron chi connectivity index (χ4n) is 2.26. The number of hydrogen-bond acceptors (Lipinski definition) is 3. The molecule has 0 aliphatic rings.